The summed E-state index contributed by atoms with van der Waals surface area (Å²) in [5.74, 6) is 1.81. The summed E-state index contributed by atoms with van der Waals surface area (Å²) in [6.45, 7) is 3.16. The summed E-state index contributed by atoms with van der Waals surface area (Å²) >= 11 is 0. The van der Waals surface area contributed by atoms with E-state index in [-0.39, 0.29) is 0 Å². The number of fused-ring (bicyclic) bond motifs is 1. The molecule has 0 spiro atoms. The van der Waals surface area contributed by atoms with Crippen LogP contribution < -0.4 is 10.5 Å². The Balaban J connectivity index is 2.15. The van der Waals surface area contributed by atoms with E-state index >= 15 is 0 Å². The molecule has 0 saturated heterocycles. The minimum Gasteiger partial charge on any atom is -0.497 e. The maximum Gasteiger partial charge on any atom is 0.141 e. The molecule has 0 aliphatic carbocycles. The molecule has 4 heteroatoms. The van der Waals surface area contributed by atoms with Crippen LogP contribution in [0.5, 0.6) is 5.75 Å². The number of unbranched alkanes of at least 4 members (excludes halogenated alkanes) is 1. The monoisotopic (exact) mass is 295 g/mol. The average Bonchev–Trinajstić information content (AvgIpc) is 2.91. The smallest absolute Gasteiger partial charge is 0.141 e. The second kappa shape index (κ2) is 6.10. The molecule has 0 bridgehead atoms. The second-order valence-corrected chi connectivity index (χ2v) is 5.42. The van der Waals surface area contributed by atoms with E-state index in [9.17, 15) is 0 Å². The number of nitrogen functional groups attached to an aromatic ring is 1. The first-order chi connectivity index (χ1) is 10.7. The van der Waals surface area contributed by atoms with Crippen LogP contribution in [0, 0.1) is 0 Å². The molecule has 0 atom stereocenters. The van der Waals surface area contributed by atoms with Crippen LogP contribution in [-0.4, -0.2) is 16.7 Å². The van der Waals surface area contributed by atoms with Crippen molar-refractivity contribution in [3.8, 4) is 17.1 Å². The van der Waals surface area contributed by atoms with Crippen molar-refractivity contribution in [1.82, 2.24) is 9.55 Å². The fraction of sp³-hybridized carbons (Fsp3) is 0.278. The SMILES string of the molecule is CCCCn1c(-c2ccc(N)cc2)nc2cc(OC)ccc21. The first kappa shape index (κ1) is 14.4. The Morgan fingerprint density at radius 1 is 1.14 bits per heavy atom. The van der Waals surface area contributed by atoms with E-state index in [0.717, 1.165) is 53.2 Å². The number of benzene rings is 2. The van der Waals surface area contributed by atoms with Crippen molar-refractivity contribution >= 4 is 16.7 Å². The first-order valence-electron chi connectivity index (χ1n) is 7.63. The standard InChI is InChI=1S/C18H21N3O/c1-3-4-11-21-17-10-9-15(22-2)12-16(17)20-18(21)13-5-7-14(19)8-6-13/h5-10,12H,3-4,11,19H2,1-2H3. The van der Waals surface area contributed by atoms with Crippen LogP contribution in [0.1, 0.15) is 19.8 Å². The van der Waals surface area contributed by atoms with Gasteiger partial charge in [-0.3, -0.25) is 0 Å². The largest absolute Gasteiger partial charge is 0.497 e. The fourth-order valence-electron chi connectivity index (χ4n) is 2.63. The molecule has 0 amide bonds. The summed E-state index contributed by atoms with van der Waals surface area (Å²) in [6.07, 6.45) is 2.27. The van der Waals surface area contributed by atoms with Gasteiger partial charge in [0.25, 0.3) is 0 Å². The van der Waals surface area contributed by atoms with Gasteiger partial charge in [0.2, 0.25) is 0 Å². The minimum absolute atomic E-state index is 0.765. The maximum atomic E-state index is 5.79. The van der Waals surface area contributed by atoms with Crippen molar-refractivity contribution in [2.45, 2.75) is 26.3 Å². The van der Waals surface area contributed by atoms with E-state index in [1.807, 2.05) is 36.4 Å². The zero-order valence-corrected chi connectivity index (χ0v) is 13.0. The molecule has 0 unspecified atom stereocenters. The lowest BCUT2D eigenvalue weighted by molar-refractivity contribution is 0.415. The van der Waals surface area contributed by atoms with E-state index in [0.29, 0.717) is 0 Å². The van der Waals surface area contributed by atoms with Crippen molar-refractivity contribution in [1.29, 1.82) is 0 Å². The van der Waals surface area contributed by atoms with Crippen molar-refractivity contribution < 1.29 is 4.74 Å². The fourth-order valence-corrected chi connectivity index (χ4v) is 2.63. The van der Waals surface area contributed by atoms with Gasteiger partial charge in [0.05, 0.1) is 18.1 Å². The van der Waals surface area contributed by atoms with Crippen LogP contribution in [0.2, 0.25) is 0 Å². The van der Waals surface area contributed by atoms with Crippen LogP contribution in [0.3, 0.4) is 0 Å². The summed E-state index contributed by atoms with van der Waals surface area (Å²) in [6, 6.07) is 13.9. The van der Waals surface area contributed by atoms with E-state index in [2.05, 4.69) is 17.6 Å². The number of imidazole rings is 1. The van der Waals surface area contributed by atoms with Gasteiger partial charge in [-0.1, -0.05) is 13.3 Å². The molecule has 2 aromatic carbocycles. The summed E-state index contributed by atoms with van der Waals surface area (Å²) in [5.41, 5.74) is 9.74. The third-order valence-electron chi connectivity index (χ3n) is 3.86. The average molecular weight is 295 g/mol. The van der Waals surface area contributed by atoms with Gasteiger partial charge in [-0.2, -0.15) is 0 Å². The highest BCUT2D eigenvalue weighted by molar-refractivity contribution is 5.82. The third kappa shape index (κ3) is 2.64. The molecule has 114 valence electrons. The van der Waals surface area contributed by atoms with E-state index in [1.54, 1.807) is 7.11 Å². The van der Waals surface area contributed by atoms with Gasteiger partial charge in [-0.05, 0) is 42.8 Å². The number of rotatable bonds is 5. The highest BCUT2D eigenvalue weighted by atomic mass is 16.5. The molecule has 0 aliphatic heterocycles. The van der Waals surface area contributed by atoms with Gasteiger partial charge >= 0.3 is 0 Å². The lowest BCUT2D eigenvalue weighted by Gasteiger charge is -2.09. The Morgan fingerprint density at radius 3 is 2.59 bits per heavy atom. The lowest BCUT2D eigenvalue weighted by atomic mass is 10.2. The molecule has 3 aromatic rings. The van der Waals surface area contributed by atoms with Crippen LogP contribution >= 0.6 is 0 Å². The number of hydrogen-bond donors (Lipinski definition) is 1. The third-order valence-corrected chi connectivity index (χ3v) is 3.86. The molecular formula is C18H21N3O. The summed E-state index contributed by atoms with van der Waals surface area (Å²) in [4.78, 5) is 4.82. The minimum atomic E-state index is 0.765. The molecule has 0 radical (unpaired) electrons. The molecule has 2 N–H and O–H groups in total. The van der Waals surface area contributed by atoms with Crippen LogP contribution in [0.15, 0.2) is 42.5 Å². The van der Waals surface area contributed by atoms with Crippen molar-refractivity contribution in [3.63, 3.8) is 0 Å². The Kier molecular flexibility index (Phi) is 4.00. The van der Waals surface area contributed by atoms with Crippen LogP contribution in [-0.2, 0) is 6.54 Å². The second-order valence-electron chi connectivity index (χ2n) is 5.42. The number of nitrogens with two attached hydrogens (primary N) is 1. The zero-order valence-electron chi connectivity index (χ0n) is 13.0. The molecule has 1 heterocycles. The first-order valence-corrected chi connectivity index (χ1v) is 7.63. The van der Waals surface area contributed by atoms with Gasteiger partial charge < -0.3 is 15.0 Å². The summed E-state index contributed by atoms with van der Waals surface area (Å²) < 4.78 is 7.59. The van der Waals surface area contributed by atoms with Crippen LogP contribution in [0.4, 0.5) is 5.69 Å². The number of ether oxygens (including phenoxy) is 1. The number of methoxy groups -OCH3 is 1. The van der Waals surface area contributed by atoms with Gasteiger partial charge in [0.1, 0.15) is 11.6 Å². The van der Waals surface area contributed by atoms with Crippen molar-refractivity contribution in [2.24, 2.45) is 0 Å². The predicted molar refractivity (Wildman–Crippen MR) is 91.0 cm³/mol. The van der Waals surface area contributed by atoms with Crippen molar-refractivity contribution in [2.75, 3.05) is 12.8 Å². The van der Waals surface area contributed by atoms with E-state index in [4.69, 9.17) is 15.5 Å². The predicted octanol–water partition coefficient (Wildman–Crippen LogP) is 4.09. The molecular weight excluding hydrogens is 274 g/mol. The number of anilines is 1. The van der Waals surface area contributed by atoms with Gasteiger partial charge in [0, 0.05) is 23.9 Å². The van der Waals surface area contributed by atoms with Gasteiger partial charge in [-0.25, -0.2) is 4.98 Å². The normalized spacial score (nSPS) is 11.0. The summed E-state index contributed by atoms with van der Waals surface area (Å²) in [7, 11) is 1.68. The Labute approximate surface area is 130 Å². The highest BCUT2D eigenvalue weighted by Gasteiger charge is 2.13. The van der Waals surface area contributed by atoms with Gasteiger partial charge in [-0.15, -0.1) is 0 Å². The number of hydrogen-bond acceptors (Lipinski definition) is 3. The van der Waals surface area contributed by atoms with Crippen LogP contribution in [0.25, 0.3) is 22.4 Å². The quantitative estimate of drug-likeness (QED) is 0.721. The Bertz CT molecular complexity index is 775. The molecule has 4 nitrogen and oxygen atoms in total. The van der Waals surface area contributed by atoms with E-state index in [1.165, 1.54) is 0 Å². The van der Waals surface area contributed by atoms with Crippen molar-refractivity contribution in [3.05, 3.63) is 42.5 Å². The highest BCUT2D eigenvalue weighted by Crippen LogP contribution is 2.28. The molecule has 0 saturated carbocycles. The Morgan fingerprint density at radius 2 is 1.91 bits per heavy atom. The maximum absolute atomic E-state index is 5.79. The van der Waals surface area contributed by atoms with Gasteiger partial charge in [0.15, 0.2) is 0 Å². The number of aryl methyl sites for hydroxylation is 1. The number of nitrogens with zero attached hydrogens (tertiary/aromatic N) is 2. The lowest BCUT2D eigenvalue weighted by Crippen LogP contribution is -2.00. The Hall–Kier alpha value is -2.49. The molecule has 0 fully saturated rings. The molecule has 0 aliphatic rings. The van der Waals surface area contributed by atoms with E-state index < -0.39 is 0 Å². The molecule has 3 rings (SSSR count). The summed E-state index contributed by atoms with van der Waals surface area (Å²) in [5, 5.41) is 0. The molecule has 22 heavy (non-hydrogen) atoms. The number of aromatic nitrogens is 2. The topological polar surface area (TPSA) is 53.1 Å². The zero-order chi connectivity index (χ0) is 15.5. The molecule has 1 aromatic heterocycles.